The van der Waals surface area contributed by atoms with Gasteiger partial charge in [0, 0.05) is 26.1 Å². The van der Waals surface area contributed by atoms with Crippen molar-refractivity contribution in [1.29, 1.82) is 0 Å². The predicted molar refractivity (Wildman–Crippen MR) is 77.3 cm³/mol. The molecule has 0 radical (unpaired) electrons. The molecule has 0 spiro atoms. The zero-order chi connectivity index (χ0) is 13.8. The lowest BCUT2D eigenvalue weighted by molar-refractivity contribution is -0.130. The number of nitrogens with one attached hydrogen (secondary N) is 1. The van der Waals surface area contributed by atoms with Gasteiger partial charge in [-0.2, -0.15) is 0 Å². The summed E-state index contributed by atoms with van der Waals surface area (Å²) in [7, 11) is 0. The molecular weight excluding hydrogens is 252 g/mol. The monoisotopic (exact) mass is 274 g/mol. The van der Waals surface area contributed by atoms with Gasteiger partial charge in [0.1, 0.15) is 0 Å². The van der Waals surface area contributed by atoms with E-state index in [0.717, 1.165) is 32.5 Å². The summed E-state index contributed by atoms with van der Waals surface area (Å²) in [5.41, 5.74) is 2.56. The van der Waals surface area contributed by atoms with Gasteiger partial charge in [-0.1, -0.05) is 24.3 Å². The Morgan fingerprint density at radius 3 is 2.95 bits per heavy atom. The van der Waals surface area contributed by atoms with Crippen LogP contribution >= 0.6 is 0 Å². The van der Waals surface area contributed by atoms with Crippen molar-refractivity contribution >= 4 is 5.91 Å². The summed E-state index contributed by atoms with van der Waals surface area (Å²) in [5, 5.41) is 3.46. The molecule has 0 saturated carbocycles. The highest BCUT2D eigenvalue weighted by molar-refractivity contribution is 5.76. The van der Waals surface area contributed by atoms with Crippen molar-refractivity contribution in [1.82, 2.24) is 10.2 Å². The lowest BCUT2D eigenvalue weighted by atomic mass is 9.99. The smallest absolute Gasteiger partial charge is 0.223 e. The van der Waals surface area contributed by atoms with Gasteiger partial charge in [0.15, 0.2) is 0 Å². The van der Waals surface area contributed by atoms with Gasteiger partial charge in [0.05, 0.1) is 19.3 Å². The summed E-state index contributed by atoms with van der Waals surface area (Å²) >= 11 is 0. The highest BCUT2D eigenvalue weighted by Gasteiger charge is 2.21. The van der Waals surface area contributed by atoms with Crippen molar-refractivity contribution < 1.29 is 9.53 Å². The molecule has 3 rings (SSSR count). The van der Waals surface area contributed by atoms with Crippen LogP contribution in [0.4, 0.5) is 0 Å². The van der Waals surface area contributed by atoms with E-state index in [0.29, 0.717) is 19.6 Å². The van der Waals surface area contributed by atoms with Crippen LogP contribution in [0.5, 0.6) is 0 Å². The van der Waals surface area contributed by atoms with Crippen LogP contribution in [0, 0.1) is 0 Å². The maximum Gasteiger partial charge on any atom is 0.223 e. The lowest BCUT2D eigenvalue weighted by Gasteiger charge is -2.26. The molecule has 1 saturated heterocycles. The van der Waals surface area contributed by atoms with Crippen LogP contribution in [0.2, 0.25) is 0 Å². The molecule has 4 heteroatoms. The number of rotatable bonds is 4. The van der Waals surface area contributed by atoms with Gasteiger partial charge >= 0.3 is 0 Å². The van der Waals surface area contributed by atoms with Crippen molar-refractivity contribution in [3.05, 3.63) is 35.4 Å². The molecule has 20 heavy (non-hydrogen) atoms. The van der Waals surface area contributed by atoms with E-state index in [4.69, 9.17) is 4.74 Å². The zero-order valence-corrected chi connectivity index (χ0v) is 11.8. The SMILES string of the molecule is O=C(CCNC1COCc2ccccc21)N1CCCC1. The molecule has 108 valence electrons. The largest absolute Gasteiger partial charge is 0.375 e. The standard InChI is InChI=1S/C16H22N2O2/c19-16(18-9-3-4-10-18)7-8-17-15-12-20-11-13-5-1-2-6-14(13)15/h1-2,5-6,15,17H,3-4,7-12H2. The number of likely N-dealkylation sites (tertiary alicyclic amines) is 1. The number of hydrogen-bond acceptors (Lipinski definition) is 3. The Balaban J connectivity index is 1.50. The van der Waals surface area contributed by atoms with Gasteiger partial charge < -0.3 is 15.0 Å². The number of nitrogens with zero attached hydrogens (tertiary/aromatic N) is 1. The molecule has 1 atom stereocenters. The Bertz CT molecular complexity index is 469. The minimum atomic E-state index is 0.214. The number of carbonyl (C=O) groups is 1. The number of benzene rings is 1. The molecule has 1 unspecified atom stereocenters. The molecule has 0 bridgehead atoms. The van der Waals surface area contributed by atoms with E-state index in [2.05, 4.69) is 23.5 Å². The van der Waals surface area contributed by atoms with Crippen LogP contribution < -0.4 is 5.32 Å². The van der Waals surface area contributed by atoms with E-state index in [1.165, 1.54) is 11.1 Å². The summed E-state index contributed by atoms with van der Waals surface area (Å²) in [4.78, 5) is 14.0. The van der Waals surface area contributed by atoms with Crippen molar-refractivity contribution in [3.63, 3.8) is 0 Å². The maximum absolute atomic E-state index is 12.0. The minimum Gasteiger partial charge on any atom is -0.375 e. The fourth-order valence-electron chi connectivity index (χ4n) is 3.03. The number of fused-ring (bicyclic) bond motifs is 1. The summed E-state index contributed by atoms with van der Waals surface area (Å²) in [6, 6.07) is 8.58. The Morgan fingerprint density at radius 2 is 2.10 bits per heavy atom. The molecule has 1 aromatic rings. The number of ether oxygens (including phenoxy) is 1. The van der Waals surface area contributed by atoms with Gasteiger partial charge in [-0.15, -0.1) is 0 Å². The average Bonchev–Trinajstić information content (AvgIpc) is 3.02. The van der Waals surface area contributed by atoms with E-state index >= 15 is 0 Å². The van der Waals surface area contributed by atoms with Gasteiger partial charge in [-0.25, -0.2) is 0 Å². The van der Waals surface area contributed by atoms with Crippen LogP contribution in [0.3, 0.4) is 0 Å². The molecule has 2 aliphatic rings. The van der Waals surface area contributed by atoms with E-state index in [-0.39, 0.29) is 11.9 Å². The minimum absolute atomic E-state index is 0.214. The third kappa shape index (κ3) is 3.02. The van der Waals surface area contributed by atoms with Crippen LogP contribution in [0.15, 0.2) is 24.3 Å². The second-order valence-corrected chi connectivity index (χ2v) is 5.56. The van der Waals surface area contributed by atoms with E-state index in [1.807, 2.05) is 11.0 Å². The zero-order valence-electron chi connectivity index (χ0n) is 11.8. The van der Waals surface area contributed by atoms with Crippen LogP contribution in [-0.2, 0) is 16.1 Å². The van der Waals surface area contributed by atoms with Gasteiger partial charge in [0.2, 0.25) is 5.91 Å². The quantitative estimate of drug-likeness (QED) is 0.911. The number of hydrogen-bond donors (Lipinski definition) is 1. The topological polar surface area (TPSA) is 41.6 Å². The molecule has 1 aromatic carbocycles. The summed E-state index contributed by atoms with van der Waals surface area (Å²) in [6.45, 7) is 3.98. The molecule has 2 aliphatic heterocycles. The van der Waals surface area contributed by atoms with Gasteiger partial charge in [0.25, 0.3) is 0 Å². The molecule has 4 nitrogen and oxygen atoms in total. The predicted octanol–water partition coefficient (Wildman–Crippen LogP) is 1.86. The van der Waals surface area contributed by atoms with Crippen molar-refractivity contribution in [2.75, 3.05) is 26.2 Å². The first-order chi connectivity index (χ1) is 9.84. The third-order valence-electron chi connectivity index (χ3n) is 4.16. The van der Waals surface area contributed by atoms with Crippen molar-refractivity contribution in [2.45, 2.75) is 31.9 Å². The first-order valence-electron chi connectivity index (χ1n) is 7.51. The van der Waals surface area contributed by atoms with E-state index in [9.17, 15) is 4.79 Å². The van der Waals surface area contributed by atoms with Crippen LogP contribution in [-0.4, -0.2) is 37.0 Å². The second kappa shape index (κ2) is 6.37. The Hall–Kier alpha value is -1.39. The summed E-state index contributed by atoms with van der Waals surface area (Å²) < 4.78 is 5.61. The molecule has 2 heterocycles. The second-order valence-electron chi connectivity index (χ2n) is 5.56. The van der Waals surface area contributed by atoms with Crippen molar-refractivity contribution in [2.24, 2.45) is 0 Å². The average molecular weight is 274 g/mol. The van der Waals surface area contributed by atoms with Gasteiger partial charge in [-0.3, -0.25) is 4.79 Å². The fourth-order valence-corrected chi connectivity index (χ4v) is 3.03. The first kappa shape index (κ1) is 13.6. The highest BCUT2D eigenvalue weighted by Crippen LogP contribution is 2.24. The van der Waals surface area contributed by atoms with E-state index in [1.54, 1.807) is 0 Å². The Kier molecular flexibility index (Phi) is 4.33. The third-order valence-corrected chi connectivity index (χ3v) is 4.16. The lowest BCUT2D eigenvalue weighted by Crippen LogP contribution is -2.34. The van der Waals surface area contributed by atoms with Crippen molar-refractivity contribution in [3.8, 4) is 0 Å². The summed E-state index contributed by atoms with van der Waals surface area (Å²) in [6.07, 6.45) is 2.89. The van der Waals surface area contributed by atoms with Crippen LogP contribution in [0.25, 0.3) is 0 Å². The number of amides is 1. The summed E-state index contributed by atoms with van der Waals surface area (Å²) in [5.74, 6) is 0.278. The molecule has 0 aliphatic carbocycles. The number of carbonyl (C=O) groups excluding carboxylic acids is 1. The molecule has 1 N–H and O–H groups in total. The molecule has 1 fully saturated rings. The molecular formula is C16H22N2O2. The first-order valence-corrected chi connectivity index (χ1v) is 7.51. The van der Waals surface area contributed by atoms with E-state index < -0.39 is 0 Å². The Morgan fingerprint density at radius 1 is 1.30 bits per heavy atom. The Labute approximate surface area is 120 Å². The van der Waals surface area contributed by atoms with Gasteiger partial charge in [-0.05, 0) is 24.0 Å². The molecule has 0 aromatic heterocycles. The highest BCUT2D eigenvalue weighted by atomic mass is 16.5. The molecule has 1 amide bonds. The maximum atomic E-state index is 12.0. The normalized spacial score (nSPS) is 21.8. The fraction of sp³-hybridized carbons (Fsp3) is 0.562. The van der Waals surface area contributed by atoms with Crippen LogP contribution in [0.1, 0.15) is 36.4 Å².